The monoisotopic (exact) mass is 927 g/mol. The summed E-state index contributed by atoms with van der Waals surface area (Å²) in [5.41, 5.74) is 1.35. The molecular formula is C42H54ClF4N7O10. The predicted molar refractivity (Wildman–Crippen MR) is 224 cm³/mol. The van der Waals surface area contributed by atoms with Gasteiger partial charge >= 0.3 is 11.9 Å². The van der Waals surface area contributed by atoms with Crippen LogP contribution in [0.5, 0.6) is 0 Å². The summed E-state index contributed by atoms with van der Waals surface area (Å²) in [6, 6.07) is 0.0960. The second-order valence-electron chi connectivity index (χ2n) is 15.9. The fraction of sp³-hybridized carbons (Fsp3) is 0.524. The second-order valence-corrected chi connectivity index (χ2v) is 16.4. The highest BCUT2D eigenvalue weighted by Gasteiger charge is 2.40. The third-order valence-corrected chi connectivity index (χ3v) is 9.79. The molecule has 3 unspecified atom stereocenters. The van der Waals surface area contributed by atoms with Gasteiger partial charge in [0, 0.05) is 16.7 Å². The molecule has 0 spiro atoms. The van der Waals surface area contributed by atoms with Gasteiger partial charge in [0.25, 0.3) is 17.7 Å². The van der Waals surface area contributed by atoms with Gasteiger partial charge in [-0.3, -0.25) is 38.5 Å². The van der Waals surface area contributed by atoms with Gasteiger partial charge in [-0.15, -0.1) is 4.91 Å². The molecule has 1 aliphatic carbocycles. The standard InChI is InChI=1S/C38H44ClF4N7O9.C4H10O/c1-3-5-16-50(38(58)46-22(11-4-2)32(52)36(56)45-18-23(51)47-30(33(44)53)20-14-10-15-21(39)17-20)37(57)31(19-12-8-6-7-9-13-19)48-34(54)24-26(40)28(42)25(35(55)49-59)29(43)27(24)41;1-4(2,3)5/h10,14-15,17,19,22,30-31H,3-9,11-13,16,18H2,1-2H3,(H2,44,53)(H,45,56)(H,46,58)(H,47,51)(H,48,54);5H,1-3H3. The number of halogens is 5. The van der Waals surface area contributed by atoms with Crippen molar-refractivity contribution in [2.24, 2.45) is 16.8 Å². The van der Waals surface area contributed by atoms with E-state index in [1.54, 1.807) is 39.8 Å². The molecule has 0 saturated heterocycles. The minimum absolute atomic E-state index is 0.130. The van der Waals surface area contributed by atoms with E-state index in [4.69, 9.17) is 22.4 Å². The summed E-state index contributed by atoms with van der Waals surface area (Å²) in [5.74, 6) is -19.7. The Bertz CT molecular complexity index is 2030. The molecule has 7 N–H and O–H groups in total. The van der Waals surface area contributed by atoms with Crippen molar-refractivity contribution in [1.82, 2.24) is 26.2 Å². The Morgan fingerprint density at radius 3 is 1.94 bits per heavy atom. The Labute approximate surface area is 371 Å². The first kappa shape index (κ1) is 54.3. The van der Waals surface area contributed by atoms with E-state index >= 15 is 8.78 Å². The maximum absolute atomic E-state index is 15.1. The lowest BCUT2D eigenvalue weighted by Crippen LogP contribution is -2.58. The minimum Gasteiger partial charge on any atom is -0.391 e. The van der Waals surface area contributed by atoms with E-state index in [2.05, 4.69) is 21.3 Å². The number of hydrogen-bond acceptors (Lipinski definition) is 10. The number of rotatable bonds is 18. The molecule has 22 heteroatoms. The lowest BCUT2D eigenvalue weighted by Gasteiger charge is -2.32. The van der Waals surface area contributed by atoms with Gasteiger partial charge in [-0.25, -0.2) is 22.4 Å². The highest BCUT2D eigenvalue weighted by molar-refractivity contribution is 6.38. The number of carbonyl (C=O) groups excluding carboxylic acids is 8. The highest BCUT2D eigenvalue weighted by Crippen LogP contribution is 2.29. The molecule has 17 nitrogen and oxygen atoms in total. The third-order valence-electron chi connectivity index (χ3n) is 9.55. The van der Waals surface area contributed by atoms with Gasteiger partial charge in [0.1, 0.15) is 23.2 Å². The van der Waals surface area contributed by atoms with Gasteiger partial charge in [0.15, 0.2) is 23.3 Å². The lowest BCUT2D eigenvalue weighted by molar-refractivity contribution is -0.139. The van der Waals surface area contributed by atoms with Crippen molar-refractivity contribution < 1.29 is 61.0 Å². The molecular weight excluding hydrogens is 874 g/mol. The summed E-state index contributed by atoms with van der Waals surface area (Å²) in [7, 11) is 0. The fourth-order valence-corrected chi connectivity index (χ4v) is 6.71. The van der Waals surface area contributed by atoms with Crippen LogP contribution in [-0.2, 0) is 24.0 Å². The van der Waals surface area contributed by atoms with Gasteiger partial charge in [0.05, 0.1) is 18.2 Å². The summed E-state index contributed by atoms with van der Waals surface area (Å²) in [5, 5.41) is 19.4. The van der Waals surface area contributed by atoms with Crippen molar-refractivity contribution in [3.05, 3.63) is 74.2 Å². The lowest BCUT2D eigenvalue weighted by atomic mass is 9.90. The number of nitrogens with zero attached hydrogens (tertiary/aromatic N) is 2. The Morgan fingerprint density at radius 1 is 0.875 bits per heavy atom. The maximum Gasteiger partial charge on any atom is 0.324 e. The number of Topliss-reactive ketones (excluding diaryl/α,β-unsaturated/α-hetero) is 1. The number of hydrogen-bond donors (Lipinski definition) is 6. The Kier molecular flexibility index (Phi) is 21.6. The van der Waals surface area contributed by atoms with Crippen molar-refractivity contribution in [2.45, 2.75) is 123 Å². The first-order valence-electron chi connectivity index (χ1n) is 20.5. The SMILES string of the molecule is CC(C)(C)O.CCCCN(C(=O)NC(CCC)C(=O)C(=O)NCC(=O)NC(C(N)=O)c1cccc(Cl)c1)C(=O)C(NC(=O)c1c(F)c(F)c(C(=O)N=O)c(F)c1F)C1CCCCCC1. The Morgan fingerprint density at radius 2 is 1.44 bits per heavy atom. The average Bonchev–Trinajstić information content (AvgIpc) is 3.51. The summed E-state index contributed by atoms with van der Waals surface area (Å²) >= 11 is 5.96. The molecule has 0 aromatic heterocycles. The van der Waals surface area contributed by atoms with E-state index in [9.17, 15) is 52.0 Å². The summed E-state index contributed by atoms with van der Waals surface area (Å²) in [6.45, 7) is 7.46. The molecule has 0 radical (unpaired) electrons. The van der Waals surface area contributed by atoms with E-state index in [0.717, 1.165) is 12.8 Å². The molecule has 64 heavy (non-hydrogen) atoms. The average molecular weight is 928 g/mol. The number of ketones is 1. The van der Waals surface area contributed by atoms with Crippen LogP contribution in [0.4, 0.5) is 22.4 Å². The molecule has 1 aliphatic rings. The molecule has 1 fully saturated rings. The van der Waals surface area contributed by atoms with E-state index in [1.807, 2.05) is 0 Å². The van der Waals surface area contributed by atoms with Crippen molar-refractivity contribution in [3.63, 3.8) is 0 Å². The number of nitrogens with one attached hydrogen (secondary N) is 4. The van der Waals surface area contributed by atoms with Crippen LogP contribution in [0.3, 0.4) is 0 Å². The van der Waals surface area contributed by atoms with Crippen molar-refractivity contribution in [1.29, 1.82) is 0 Å². The molecule has 352 valence electrons. The first-order valence-corrected chi connectivity index (χ1v) is 20.9. The van der Waals surface area contributed by atoms with Crippen LogP contribution in [0.25, 0.3) is 0 Å². The van der Waals surface area contributed by atoms with Crippen LogP contribution in [0.2, 0.25) is 5.02 Å². The molecule has 0 heterocycles. The molecule has 3 rings (SSSR count). The highest BCUT2D eigenvalue weighted by atomic mass is 35.5. The van der Waals surface area contributed by atoms with Crippen molar-refractivity contribution in [3.8, 4) is 0 Å². The number of benzene rings is 2. The zero-order valence-corrected chi connectivity index (χ0v) is 36.8. The Hall–Kier alpha value is -5.83. The summed E-state index contributed by atoms with van der Waals surface area (Å²) in [6.07, 6.45) is 3.78. The predicted octanol–water partition coefficient (Wildman–Crippen LogP) is 5.18. The van der Waals surface area contributed by atoms with Crippen LogP contribution in [0.15, 0.2) is 29.4 Å². The number of primary amides is 1. The summed E-state index contributed by atoms with van der Waals surface area (Å²) in [4.78, 5) is 115. The number of carbonyl (C=O) groups is 8. The van der Waals surface area contributed by atoms with Crippen LogP contribution < -0.4 is 27.0 Å². The van der Waals surface area contributed by atoms with E-state index in [1.165, 1.54) is 24.3 Å². The molecule has 1 saturated carbocycles. The number of aliphatic hydroxyl groups is 1. The van der Waals surface area contributed by atoms with Crippen LogP contribution in [-0.4, -0.2) is 88.0 Å². The minimum atomic E-state index is -2.37. The molecule has 3 atom stereocenters. The normalized spacial score (nSPS) is 14.2. The van der Waals surface area contributed by atoms with E-state index in [-0.39, 0.29) is 49.2 Å². The number of urea groups is 1. The van der Waals surface area contributed by atoms with Crippen LogP contribution in [0.1, 0.15) is 131 Å². The number of unbranched alkanes of at least 4 members (excludes halogenated alkanes) is 1. The van der Waals surface area contributed by atoms with Crippen molar-refractivity contribution in [2.75, 3.05) is 13.1 Å². The largest absolute Gasteiger partial charge is 0.391 e. The van der Waals surface area contributed by atoms with Gasteiger partial charge in [0.2, 0.25) is 17.6 Å². The van der Waals surface area contributed by atoms with Gasteiger partial charge < -0.3 is 32.1 Å². The topological polar surface area (TPSA) is 264 Å². The maximum atomic E-state index is 15.1. The van der Waals surface area contributed by atoms with E-state index in [0.29, 0.717) is 24.2 Å². The Balaban J connectivity index is 0.00000266. The molecule has 0 aliphatic heterocycles. The molecule has 2 aromatic carbocycles. The number of nitrogens with two attached hydrogens (primary N) is 1. The summed E-state index contributed by atoms with van der Waals surface area (Å²) < 4.78 is 59.6. The third kappa shape index (κ3) is 16.1. The van der Waals surface area contributed by atoms with Gasteiger partial charge in [-0.2, -0.15) is 0 Å². The second kappa shape index (κ2) is 25.5. The molecule has 0 bridgehead atoms. The van der Waals surface area contributed by atoms with E-state index < -0.39 is 118 Å². The van der Waals surface area contributed by atoms with Crippen LogP contribution in [0, 0.1) is 34.1 Å². The molecule has 8 amide bonds. The number of imide groups is 1. The first-order chi connectivity index (χ1) is 30.0. The number of nitroso groups, excluding NO2 is 1. The van der Waals surface area contributed by atoms with Crippen molar-refractivity contribution >= 4 is 58.9 Å². The van der Waals surface area contributed by atoms with Gasteiger partial charge in [-0.1, -0.05) is 76.1 Å². The zero-order chi connectivity index (χ0) is 48.5. The zero-order valence-electron chi connectivity index (χ0n) is 36.1. The van der Waals surface area contributed by atoms with Crippen LogP contribution >= 0.6 is 11.6 Å². The number of amides is 8. The quantitative estimate of drug-likeness (QED) is 0.0375. The smallest absolute Gasteiger partial charge is 0.324 e. The fourth-order valence-electron chi connectivity index (χ4n) is 6.51. The van der Waals surface area contributed by atoms with Gasteiger partial charge in [-0.05, 0) is 70.1 Å². The molecule has 2 aromatic rings.